The maximum absolute atomic E-state index is 12.2. The van der Waals surface area contributed by atoms with Crippen LogP contribution >= 0.6 is 11.6 Å². The molecule has 2 atom stereocenters. The highest BCUT2D eigenvalue weighted by Gasteiger charge is 2.24. The largest absolute Gasteiger partial charge is 0.495 e. The number of benzene rings is 1. The number of carbonyl (C=O) groups is 1. The van der Waals surface area contributed by atoms with Gasteiger partial charge in [0.2, 0.25) is 0 Å². The van der Waals surface area contributed by atoms with Crippen molar-refractivity contribution in [3.8, 4) is 5.75 Å². The van der Waals surface area contributed by atoms with E-state index >= 15 is 0 Å². The average molecular weight is 252 g/mol. The minimum atomic E-state index is -0.129. The standard InChI is InChI=1S/C13H14ClNO2/c1-17-12-7-9(3-5-11(12)14)13(16)8-2-4-10(15)6-8/h2-5,7-8,10H,6,15H2,1H3. The number of ketones is 1. The predicted octanol–water partition coefficient (Wildman–Crippen LogP) is 2.43. The zero-order chi connectivity index (χ0) is 12.4. The zero-order valence-corrected chi connectivity index (χ0v) is 10.3. The van der Waals surface area contributed by atoms with Crippen LogP contribution in [0, 0.1) is 5.92 Å². The van der Waals surface area contributed by atoms with Crippen LogP contribution in [0.2, 0.25) is 5.02 Å². The summed E-state index contributed by atoms with van der Waals surface area (Å²) in [6.07, 6.45) is 4.41. The van der Waals surface area contributed by atoms with Crippen molar-refractivity contribution in [1.29, 1.82) is 0 Å². The summed E-state index contributed by atoms with van der Waals surface area (Å²) in [5, 5.41) is 0.503. The van der Waals surface area contributed by atoms with Gasteiger partial charge in [0.05, 0.1) is 12.1 Å². The summed E-state index contributed by atoms with van der Waals surface area (Å²) in [6, 6.07) is 5.04. The van der Waals surface area contributed by atoms with Crippen LogP contribution in [0.15, 0.2) is 30.4 Å². The number of methoxy groups -OCH3 is 1. The lowest BCUT2D eigenvalue weighted by Gasteiger charge is -2.10. The van der Waals surface area contributed by atoms with Gasteiger partial charge < -0.3 is 10.5 Å². The first-order valence-electron chi connectivity index (χ1n) is 5.43. The Kier molecular flexibility index (Phi) is 3.50. The molecule has 3 nitrogen and oxygen atoms in total. The zero-order valence-electron chi connectivity index (χ0n) is 9.52. The van der Waals surface area contributed by atoms with E-state index in [1.807, 2.05) is 12.2 Å². The molecule has 1 aromatic carbocycles. The molecule has 0 fully saturated rings. The molecular formula is C13H14ClNO2. The van der Waals surface area contributed by atoms with Crippen molar-refractivity contribution in [3.63, 3.8) is 0 Å². The Morgan fingerprint density at radius 1 is 1.47 bits per heavy atom. The Labute approximate surface area is 105 Å². The Balaban J connectivity index is 2.23. The Morgan fingerprint density at radius 2 is 2.24 bits per heavy atom. The van der Waals surface area contributed by atoms with Crippen LogP contribution in [0.5, 0.6) is 5.75 Å². The first-order chi connectivity index (χ1) is 8.11. The van der Waals surface area contributed by atoms with E-state index in [0.717, 1.165) is 0 Å². The van der Waals surface area contributed by atoms with Gasteiger partial charge in [-0.3, -0.25) is 4.79 Å². The summed E-state index contributed by atoms with van der Waals surface area (Å²) in [7, 11) is 1.53. The lowest BCUT2D eigenvalue weighted by Crippen LogP contribution is -2.19. The van der Waals surface area contributed by atoms with E-state index in [1.165, 1.54) is 7.11 Å². The molecule has 90 valence electrons. The third-order valence-corrected chi connectivity index (χ3v) is 3.20. The van der Waals surface area contributed by atoms with Crippen molar-refractivity contribution in [3.05, 3.63) is 40.9 Å². The van der Waals surface area contributed by atoms with Gasteiger partial charge in [0.1, 0.15) is 5.75 Å². The summed E-state index contributed by atoms with van der Waals surface area (Å²) in [6.45, 7) is 0. The van der Waals surface area contributed by atoms with E-state index < -0.39 is 0 Å². The second kappa shape index (κ2) is 4.90. The molecule has 0 radical (unpaired) electrons. The smallest absolute Gasteiger partial charge is 0.169 e. The molecule has 17 heavy (non-hydrogen) atoms. The fourth-order valence-corrected chi connectivity index (χ4v) is 2.14. The molecule has 1 aliphatic carbocycles. The van der Waals surface area contributed by atoms with E-state index in [4.69, 9.17) is 22.1 Å². The molecule has 0 saturated carbocycles. The van der Waals surface area contributed by atoms with Crippen LogP contribution in [-0.2, 0) is 0 Å². The number of hydrogen-bond donors (Lipinski definition) is 1. The molecule has 0 bridgehead atoms. The topological polar surface area (TPSA) is 52.3 Å². The molecule has 2 rings (SSSR count). The molecule has 0 spiro atoms. The number of carbonyl (C=O) groups excluding carboxylic acids is 1. The van der Waals surface area contributed by atoms with Gasteiger partial charge in [0.25, 0.3) is 0 Å². The van der Waals surface area contributed by atoms with E-state index in [1.54, 1.807) is 18.2 Å². The van der Waals surface area contributed by atoms with Gasteiger partial charge in [-0.15, -0.1) is 0 Å². The van der Waals surface area contributed by atoms with Crippen LogP contribution < -0.4 is 10.5 Å². The molecule has 0 amide bonds. The van der Waals surface area contributed by atoms with Crippen molar-refractivity contribution < 1.29 is 9.53 Å². The maximum Gasteiger partial charge on any atom is 0.169 e. The van der Waals surface area contributed by atoms with E-state index in [9.17, 15) is 4.79 Å². The molecular weight excluding hydrogens is 238 g/mol. The maximum atomic E-state index is 12.2. The van der Waals surface area contributed by atoms with E-state index in [-0.39, 0.29) is 17.7 Å². The molecule has 1 aromatic rings. The monoisotopic (exact) mass is 251 g/mol. The lowest BCUT2D eigenvalue weighted by molar-refractivity contribution is 0.0942. The lowest BCUT2D eigenvalue weighted by atomic mass is 9.96. The van der Waals surface area contributed by atoms with Gasteiger partial charge >= 0.3 is 0 Å². The highest BCUT2D eigenvalue weighted by molar-refractivity contribution is 6.32. The molecule has 0 aliphatic heterocycles. The molecule has 2 unspecified atom stereocenters. The van der Waals surface area contributed by atoms with Gasteiger partial charge in [0.15, 0.2) is 5.78 Å². The Morgan fingerprint density at radius 3 is 2.82 bits per heavy atom. The van der Waals surface area contributed by atoms with Crippen molar-refractivity contribution in [2.45, 2.75) is 12.5 Å². The van der Waals surface area contributed by atoms with Crippen LogP contribution in [-0.4, -0.2) is 18.9 Å². The number of halogens is 1. The first-order valence-corrected chi connectivity index (χ1v) is 5.81. The van der Waals surface area contributed by atoms with E-state index in [2.05, 4.69) is 0 Å². The van der Waals surface area contributed by atoms with Crippen molar-refractivity contribution in [1.82, 2.24) is 0 Å². The Bertz CT molecular complexity index is 470. The molecule has 1 aliphatic rings. The molecule has 4 heteroatoms. The SMILES string of the molecule is COc1cc(C(=O)C2C=CC(N)C2)ccc1Cl. The molecule has 0 saturated heterocycles. The minimum Gasteiger partial charge on any atom is -0.495 e. The highest BCUT2D eigenvalue weighted by atomic mass is 35.5. The number of hydrogen-bond acceptors (Lipinski definition) is 3. The normalized spacial score (nSPS) is 22.8. The summed E-state index contributed by atoms with van der Waals surface area (Å²) in [4.78, 5) is 12.2. The van der Waals surface area contributed by atoms with Gasteiger partial charge in [0, 0.05) is 17.5 Å². The summed E-state index contributed by atoms with van der Waals surface area (Å²) >= 11 is 5.91. The van der Waals surface area contributed by atoms with Crippen molar-refractivity contribution >= 4 is 17.4 Å². The third kappa shape index (κ3) is 2.51. The van der Waals surface area contributed by atoms with E-state index in [0.29, 0.717) is 22.8 Å². The number of allylic oxidation sites excluding steroid dienone is 1. The Hall–Kier alpha value is -1.32. The molecule has 0 aromatic heterocycles. The number of Topliss-reactive ketones (excluding diaryl/α,β-unsaturated/α-hetero) is 1. The fourth-order valence-electron chi connectivity index (χ4n) is 1.95. The summed E-state index contributed by atoms with van der Waals surface area (Å²) in [5.74, 6) is 0.448. The van der Waals surface area contributed by atoms with Gasteiger partial charge in [-0.1, -0.05) is 23.8 Å². The van der Waals surface area contributed by atoms with Crippen molar-refractivity contribution in [2.24, 2.45) is 11.7 Å². The summed E-state index contributed by atoms with van der Waals surface area (Å²) < 4.78 is 5.09. The van der Waals surface area contributed by atoms with Gasteiger partial charge in [-0.25, -0.2) is 0 Å². The second-order valence-corrected chi connectivity index (χ2v) is 4.51. The molecule has 2 N–H and O–H groups in total. The molecule has 0 heterocycles. The van der Waals surface area contributed by atoms with Gasteiger partial charge in [-0.05, 0) is 24.6 Å². The predicted molar refractivity (Wildman–Crippen MR) is 67.6 cm³/mol. The van der Waals surface area contributed by atoms with Crippen LogP contribution in [0.1, 0.15) is 16.8 Å². The minimum absolute atomic E-state index is 0.0156. The quantitative estimate of drug-likeness (QED) is 0.663. The van der Waals surface area contributed by atoms with Crippen LogP contribution in [0.4, 0.5) is 0 Å². The average Bonchev–Trinajstić information content (AvgIpc) is 2.75. The second-order valence-electron chi connectivity index (χ2n) is 4.10. The summed E-state index contributed by atoms with van der Waals surface area (Å²) in [5.41, 5.74) is 6.34. The number of ether oxygens (including phenoxy) is 1. The van der Waals surface area contributed by atoms with Crippen molar-refractivity contribution in [2.75, 3.05) is 7.11 Å². The number of rotatable bonds is 3. The highest BCUT2D eigenvalue weighted by Crippen LogP contribution is 2.28. The third-order valence-electron chi connectivity index (χ3n) is 2.89. The van der Waals surface area contributed by atoms with Crippen LogP contribution in [0.3, 0.4) is 0 Å². The number of nitrogens with two attached hydrogens (primary N) is 1. The van der Waals surface area contributed by atoms with Gasteiger partial charge in [-0.2, -0.15) is 0 Å². The van der Waals surface area contributed by atoms with Crippen LogP contribution in [0.25, 0.3) is 0 Å². The fraction of sp³-hybridized carbons (Fsp3) is 0.308. The first kappa shape index (κ1) is 12.1.